The van der Waals surface area contributed by atoms with Gasteiger partial charge in [-0.1, -0.05) is 50.6 Å². The van der Waals surface area contributed by atoms with Gasteiger partial charge in [0.2, 0.25) is 10.0 Å². The fraction of sp³-hybridized carbons (Fsp3) is 0.438. The van der Waals surface area contributed by atoms with Crippen molar-refractivity contribution < 1.29 is 18.0 Å². The van der Waals surface area contributed by atoms with Gasteiger partial charge in [-0.15, -0.1) is 11.3 Å². The SMILES string of the molecule is CCCCN(CC)S(=O)(=O)c1ccc(C(=O)Nc2sc3c(c2C(=O)N2CCCC2)CCN(Cc2ccccc2)C3)cc1. The third-order valence-corrected chi connectivity index (χ3v) is 11.2. The zero-order chi connectivity index (χ0) is 29.7. The number of fused-ring (bicyclic) bond motifs is 1. The first-order chi connectivity index (χ1) is 20.3. The molecule has 0 radical (unpaired) electrons. The van der Waals surface area contributed by atoms with Crippen LogP contribution in [0, 0.1) is 0 Å². The van der Waals surface area contributed by atoms with E-state index < -0.39 is 10.0 Å². The molecule has 2 aromatic carbocycles. The first-order valence-electron chi connectivity index (χ1n) is 14.9. The molecule has 2 aliphatic heterocycles. The topological polar surface area (TPSA) is 90.0 Å². The van der Waals surface area contributed by atoms with Crippen molar-refractivity contribution in [1.82, 2.24) is 14.1 Å². The van der Waals surface area contributed by atoms with Gasteiger partial charge in [-0.25, -0.2) is 8.42 Å². The molecule has 0 bridgehead atoms. The van der Waals surface area contributed by atoms with Crippen molar-refractivity contribution in [3.8, 4) is 0 Å². The molecule has 1 aromatic heterocycles. The number of likely N-dealkylation sites (tertiary alicyclic amines) is 1. The van der Waals surface area contributed by atoms with Crippen LogP contribution in [0.1, 0.15) is 76.3 Å². The predicted molar refractivity (Wildman–Crippen MR) is 167 cm³/mol. The molecule has 5 rings (SSSR count). The zero-order valence-electron chi connectivity index (χ0n) is 24.5. The number of amides is 2. The Balaban J connectivity index is 1.37. The van der Waals surface area contributed by atoms with Crippen LogP contribution in [-0.4, -0.2) is 67.1 Å². The summed E-state index contributed by atoms with van der Waals surface area (Å²) in [7, 11) is -3.63. The lowest BCUT2D eigenvalue weighted by Crippen LogP contribution is -2.32. The molecule has 0 unspecified atom stereocenters. The average molecular weight is 609 g/mol. The Bertz CT molecular complexity index is 1500. The molecule has 3 heterocycles. The molecule has 0 atom stereocenters. The third-order valence-electron chi connectivity index (χ3n) is 8.09. The van der Waals surface area contributed by atoms with Gasteiger partial charge in [0, 0.05) is 56.3 Å². The van der Waals surface area contributed by atoms with Crippen molar-refractivity contribution in [2.45, 2.75) is 63.9 Å². The van der Waals surface area contributed by atoms with Gasteiger partial charge < -0.3 is 10.2 Å². The Morgan fingerprint density at radius 1 is 0.976 bits per heavy atom. The van der Waals surface area contributed by atoms with Gasteiger partial charge in [0.05, 0.1) is 10.5 Å². The largest absolute Gasteiger partial charge is 0.339 e. The Morgan fingerprint density at radius 2 is 1.69 bits per heavy atom. The third kappa shape index (κ3) is 6.62. The maximum absolute atomic E-state index is 13.7. The number of sulfonamides is 1. The van der Waals surface area contributed by atoms with Crippen LogP contribution in [-0.2, 0) is 29.5 Å². The van der Waals surface area contributed by atoms with Gasteiger partial charge in [-0.05, 0) is 61.1 Å². The number of carbonyl (C=O) groups is 2. The maximum Gasteiger partial charge on any atom is 0.257 e. The molecule has 3 aromatic rings. The standard InChI is InChI=1S/C32H40N4O4S2/c1-3-5-20-36(4-2)42(39,40)26-15-13-25(14-16-26)30(37)33-31-29(32(38)35-18-9-10-19-35)27-17-21-34(23-28(27)41-31)22-24-11-7-6-8-12-24/h6-8,11-16H,3-5,9-10,17-23H2,1-2H3,(H,33,37). The number of hydrogen-bond donors (Lipinski definition) is 1. The molecule has 2 amide bonds. The highest BCUT2D eigenvalue weighted by Crippen LogP contribution is 2.39. The minimum atomic E-state index is -3.63. The Kier molecular flexibility index (Phi) is 9.77. The summed E-state index contributed by atoms with van der Waals surface area (Å²) in [5.74, 6) is -0.363. The van der Waals surface area contributed by atoms with Crippen molar-refractivity contribution >= 4 is 38.2 Å². The van der Waals surface area contributed by atoms with Crippen LogP contribution in [0.3, 0.4) is 0 Å². The summed E-state index contributed by atoms with van der Waals surface area (Å²) in [6.07, 6.45) is 4.44. The van der Waals surface area contributed by atoms with Gasteiger partial charge in [-0.2, -0.15) is 4.31 Å². The minimum Gasteiger partial charge on any atom is -0.339 e. The molecule has 1 N–H and O–H groups in total. The number of nitrogens with zero attached hydrogens (tertiary/aromatic N) is 3. The fourth-order valence-corrected chi connectivity index (χ4v) is 8.48. The quantitative estimate of drug-likeness (QED) is 0.306. The molecule has 0 saturated carbocycles. The normalized spacial score (nSPS) is 15.6. The highest BCUT2D eigenvalue weighted by atomic mass is 32.2. The van der Waals surface area contributed by atoms with Gasteiger partial charge in [0.15, 0.2) is 0 Å². The van der Waals surface area contributed by atoms with Crippen molar-refractivity contribution in [3.63, 3.8) is 0 Å². The Hall–Kier alpha value is -3.05. The van der Waals surface area contributed by atoms with E-state index in [1.165, 1.54) is 33.3 Å². The van der Waals surface area contributed by atoms with Crippen LogP contribution >= 0.6 is 11.3 Å². The number of rotatable bonds is 11. The van der Waals surface area contributed by atoms with Gasteiger partial charge in [0.1, 0.15) is 5.00 Å². The fourth-order valence-electron chi connectivity index (χ4n) is 5.71. The second kappa shape index (κ2) is 13.5. The Labute approximate surface area is 253 Å². The number of hydrogen-bond acceptors (Lipinski definition) is 6. The first kappa shape index (κ1) is 30.4. The van der Waals surface area contributed by atoms with Crippen molar-refractivity contribution in [2.24, 2.45) is 0 Å². The van der Waals surface area contributed by atoms with Gasteiger partial charge in [0.25, 0.3) is 11.8 Å². The van der Waals surface area contributed by atoms with Crippen molar-refractivity contribution in [2.75, 3.05) is 38.0 Å². The molecule has 2 aliphatic rings. The summed E-state index contributed by atoms with van der Waals surface area (Å²) in [4.78, 5) is 32.7. The van der Waals surface area contributed by atoms with E-state index in [9.17, 15) is 18.0 Å². The van der Waals surface area contributed by atoms with Gasteiger partial charge in [-0.3, -0.25) is 14.5 Å². The summed E-state index contributed by atoms with van der Waals surface area (Å²) in [5, 5.41) is 3.61. The van der Waals surface area contributed by atoms with Crippen LogP contribution in [0.5, 0.6) is 0 Å². The van der Waals surface area contributed by atoms with Crippen LogP contribution in [0.4, 0.5) is 5.00 Å². The van der Waals surface area contributed by atoms with Crippen LogP contribution in [0.2, 0.25) is 0 Å². The molecule has 224 valence electrons. The zero-order valence-corrected chi connectivity index (χ0v) is 26.1. The lowest BCUT2D eigenvalue weighted by atomic mass is 10.0. The smallest absolute Gasteiger partial charge is 0.257 e. The van der Waals surface area contributed by atoms with E-state index in [1.54, 1.807) is 12.1 Å². The maximum atomic E-state index is 13.7. The summed E-state index contributed by atoms with van der Waals surface area (Å²) in [6, 6.07) is 16.4. The average Bonchev–Trinajstić information content (AvgIpc) is 3.66. The predicted octanol–water partition coefficient (Wildman–Crippen LogP) is 5.61. The number of unbranched alkanes of at least 4 members (excludes halogenated alkanes) is 1. The lowest BCUT2D eigenvalue weighted by Gasteiger charge is -2.27. The molecular weight excluding hydrogens is 569 g/mol. The molecule has 42 heavy (non-hydrogen) atoms. The number of carbonyl (C=O) groups excluding carboxylic acids is 2. The molecule has 1 fully saturated rings. The lowest BCUT2D eigenvalue weighted by molar-refractivity contribution is 0.0792. The highest BCUT2D eigenvalue weighted by Gasteiger charge is 2.32. The van der Waals surface area contributed by atoms with E-state index in [-0.39, 0.29) is 16.7 Å². The van der Waals surface area contributed by atoms with Gasteiger partial charge >= 0.3 is 0 Å². The molecule has 8 nitrogen and oxygen atoms in total. The molecule has 1 saturated heterocycles. The monoisotopic (exact) mass is 608 g/mol. The molecule has 0 aliphatic carbocycles. The van der Waals surface area contributed by atoms with E-state index in [0.717, 1.165) is 75.3 Å². The summed E-state index contributed by atoms with van der Waals surface area (Å²) >= 11 is 1.48. The van der Waals surface area contributed by atoms with Crippen LogP contribution in [0.25, 0.3) is 0 Å². The second-order valence-electron chi connectivity index (χ2n) is 11.0. The summed E-state index contributed by atoms with van der Waals surface area (Å²) < 4.78 is 27.7. The number of anilines is 1. The van der Waals surface area contributed by atoms with E-state index in [1.807, 2.05) is 36.9 Å². The van der Waals surface area contributed by atoms with E-state index in [2.05, 4.69) is 22.3 Å². The van der Waals surface area contributed by atoms with Crippen molar-refractivity contribution in [3.05, 3.63) is 81.7 Å². The molecule has 0 spiro atoms. The Morgan fingerprint density at radius 3 is 2.36 bits per heavy atom. The summed E-state index contributed by atoms with van der Waals surface area (Å²) in [5.41, 5.74) is 3.27. The first-order valence-corrected chi connectivity index (χ1v) is 17.2. The van der Waals surface area contributed by atoms with E-state index >= 15 is 0 Å². The summed E-state index contributed by atoms with van der Waals surface area (Å²) in [6.45, 7) is 8.60. The van der Waals surface area contributed by atoms with Crippen LogP contribution < -0.4 is 5.32 Å². The number of nitrogens with one attached hydrogen (secondary N) is 1. The minimum absolute atomic E-state index is 0.00927. The van der Waals surface area contributed by atoms with Crippen LogP contribution in [0.15, 0.2) is 59.5 Å². The van der Waals surface area contributed by atoms with E-state index in [0.29, 0.717) is 29.2 Å². The van der Waals surface area contributed by atoms with Crippen molar-refractivity contribution in [1.29, 1.82) is 0 Å². The highest BCUT2D eigenvalue weighted by molar-refractivity contribution is 7.89. The molecular formula is C32H40N4O4S2. The molecule has 10 heteroatoms. The number of thiophene rings is 1. The van der Waals surface area contributed by atoms with E-state index in [4.69, 9.17) is 0 Å². The second-order valence-corrected chi connectivity index (χ2v) is 14.0. The number of benzene rings is 2.